The molecule has 0 bridgehead atoms. The number of esters is 1. The minimum Gasteiger partial charge on any atom is -0.465 e. The quantitative estimate of drug-likeness (QED) is 0.507. The van der Waals surface area contributed by atoms with E-state index >= 15 is 0 Å². The maximum atomic E-state index is 12.0. The molecule has 0 radical (unpaired) electrons. The SMILES string of the molecule is CCCCNC(=O)C(C)N(CC(=O)OCC)C1CC1. The molecule has 1 unspecified atom stereocenters. The second-order valence-corrected chi connectivity index (χ2v) is 5.03. The zero-order chi connectivity index (χ0) is 14.3. The Labute approximate surface area is 115 Å². The third kappa shape index (κ3) is 5.59. The molecule has 1 atom stereocenters. The third-order valence-electron chi connectivity index (χ3n) is 3.34. The molecule has 0 spiro atoms. The molecule has 1 N–H and O–H groups in total. The number of carbonyl (C=O) groups is 2. The lowest BCUT2D eigenvalue weighted by molar-refractivity contribution is -0.145. The minimum atomic E-state index is -0.270. The van der Waals surface area contributed by atoms with Crippen molar-refractivity contribution < 1.29 is 14.3 Å². The molecule has 5 heteroatoms. The Bertz CT molecular complexity index is 303. The number of unbranched alkanes of at least 4 members (excludes halogenated alkanes) is 1. The molecule has 1 fully saturated rings. The number of hydrogen-bond donors (Lipinski definition) is 1. The van der Waals surface area contributed by atoms with Gasteiger partial charge in [-0.25, -0.2) is 0 Å². The van der Waals surface area contributed by atoms with E-state index < -0.39 is 0 Å². The molecule has 0 saturated heterocycles. The van der Waals surface area contributed by atoms with E-state index in [0.29, 0.717) is 19.2 Å². The van der Waals surface area contributed by atoms with Crippen molar-refractivity contribution in [3.05, 3.63) is 0 Å². The highest BCUT2D eigenvalue weighted by atomic mass is 16.5. The van der Waals surface area contributed by atoms with Crippen LogP contribution in [0.3, 0.4) is 0 Å². The van der Waals surface area contributed by atoms with Gasteiger partial charge in [0.05, 0.1) is 19.2 Å². The predicted octanol–water partition coefficient (Wildman–Crippen LogP) is 1.32. The maximum Gasteiger partial charge on any atom is 0.320 e. The van der Waals surface area contributed by atoms with Gasteiger partial charge in [0.2, 0.25) is 5.91 Å². The number of carbonyl (C=O) groups excluding carboxylic acids is 2. The predicted molar refractivity (Wildman–Crippen MR) is 73.7 cm³/mol. The minimum absolute atomic E-state index is 0.00430. The number of amides is 1. The summed E-state index contributed by atoms with van der Waals surface area (Å²) in [6.45, 7) is 7.04. The molecule has 1 rings (SSSR count). The Balaban J connectivity index is 2.45. The van der Waals surface area contributed by atoms with Gasteiger partial charge in [-0.05, 0) is 33.1 Å². The van der Waals surface area contributed by atoms with Crippen LogP contribution in [0.1, 0.15) is 46.5 Å². The molecule has 0 aromatic carbocycles. The molecule has 19 heavy (non-hydrogen) atoms. The van der Waals surface area contributed by atoms with E-state index in [1.165, 1.54) is 0 Å². The van der Waals surface area contributed by atoms with Crippen LogP contribution in [-0.2, 0) is 14.3 Å². The van der Waals surface area contributed by atoms with Crippen molar-refractivity contribution in [3.8, 4) is 0 Å². The molecule has 1 saturated carbocycles. The van der Waals surface area contributed by atoms with Crippen molar-refractivity contribution in [1.29, 1.82) is 0 Å². The van der Waals surface area contributed by atoms with Crippen molar-refractivity contribution in [2.75, 3.05) is 19.7 Å². The summed E-state index contributed by atoms with van der Waals surface area (Å²) in [5, 5.41) is 2.92. The zero-order valence-corrected chi connectivity index (χ0v) is 12.3. The van der Waals surface area contributed by atoms with Crippen LogP contribution in [0.4, 0.5) is 0 Å². The molecule has 0 aliphatic heterocycles. The topological polar surface area (TPSA) is 58.6 Å². The highest BCUT2D eigenvalue weighted by Crippen LogP contribution is 2.28. The van der Waals surface area contributed by atoms with Gasteiger partial charge in [0.25, 0.3) is 0 Å². The summed E-state index contributed by atoms with van der Waals surface area (Å²) >= 11 is 0. The van der Waals surface area contributed by atoms with Crippen molar-refractivity contribution in [2.45, 2.75) is 58.5 Å². The Morgan fingerprint density at radius 2 is 2.05 bits per heavy atom. The molecule has 0 heterocycles. The summed E-state index contributed by atoms with van der Waals surface area (Å²) in [4.78, 5) is 25.6. The first kappa shape index (κ1) is 16.0. The van der Waals surface area contributed by atoms with E-state index in [2.05, 4.69) is 12.2 Å². The van der Waals surface area contributed by atoms with Crippen LogP contribution in [-0.4, -0.2) is 48.6 Å². The first-order chi connectivity index (χ1) is 9.10. The van der Waals surface area contributed by atoms with Gasteiger partial charge in [0, 0.05) is 12.6 Å². The lowest BCUT2D eigenvalue weighted by Gasteiger charge is -2.27. The first-order valence-corrected chi connectivity index (χ1v) is 7.29. The van der Waals surface area contributed by atoms with E-state index in [0.717, 1.165) is 25.7 Å². The van der Waals surface area contributed by atoms with E-state index in [-0.39, 0.29) is 24.5 Å². The molecule has 1 aliphatic rings. The summed E-state index contributed by atoms with van der Waals surface area (Å²) < 4.78 is 4.97. The van der Waals surface area contributed by atoms with Gasteiger partial charge >= 0.3 is 5.97 Å². The van der Waals surface area contributed by atoms with Crippen LogP contribution >= 0.6 is 0 Å². The number of rotatable bonds is 9. The molecule has 1 amide bonds. The Morgan fingerprint density at radius 3 is 2.58 bits per heavy atom. The number of ether oxygens (including phenoxy) is 1. The third-order valence-corrected chi connectivity index (χ3v) is 3.34. The lowest BCUT2D eigenvalue weighted by atomic mass is 10.2. The zero-order valence-electron chi connectivity index (χ0n) is 12.3. The van der Waals surface area contributed by atoms with Crippen molar-refractivity contribution in [1.82, 2.24) is 10.2 Å². The normalized spacial score (nSPS) is 16.2. The Morgan fingerprint density at radius 1 is 1.37 bits per heavy atom. The fourth-order valence-corrected chi connectivity index (χ4v) is 2.03. The maximum absolute atomic E-state index is 12.0. The van der Waals surface area contributed by atoms with Gasteiger partial charge in [0.15, 0.2) is 0 Å². The molecule has 1 aliphatic carbocycles. The summed E-state index contributed by atoms with van der Waals surface area (Å²) in [6.07, 6.45) is 4.17. The average molecular weight is 270 g/mol. The summed E-state index contributed by atoms with van der Waals surface area (Å²) in [5.41, 5.74) is 0. The molecule has 5 nitrogen and oxygen atoms in total. The van der Waals surface area contributed by atoms with Crippen LogP contribution in [0.25, 0.3) is 0 Å². The van der Waals surface area contributed by atoms with E-state index in [4.69, 9.17) is 4.74 Å². The van der Waals surface area contributed by atoms with Crippen molar-refractivity contribution in [3.63, 3.8) is 0 Å². The molecular formula is C14H26N2O3. The van der Waals surface area contributed by atoms with Crippen molar-refractivity contribution >= 4 is 11.9 Å². The van der Waals surface area contributed by atoms with Gasteiger partial charge < -0.3 is 10.1 Å². The van der Waals surface area contributed by atoms with Crippen LogP contribution in [0.5, 0.6) is 0 Å². The van der Waals surface area contributed by atoms with Gasteiger partial charge in [-0.1, -0.05) is 13.3 Å². The van der Waals surface area contributed by atoms with E-state index in [9.17, 15) is 9.59 Å². The molecule has 0 aromatic heterocycles. The van der Waals surface area contributed by atoms with Crippen LogP contribution < -0.4 is 5.32 Å². The van der Waals surface area contributed by atoms with Crippen LogP contribution in [0.15, 0.2) is 0 Å². The van der Waals surface area contributed by atoms with Gasteiger partial charge in [-0.15, -0.1) is 0 Å². The standard InChI is InChI=1S/C14H26N2O3/c1-4-6-9-15-14(18)11(3)16(12-7-8-12)10-13(17)19-5-2/h11-12H,4-10H2,1-3H3,(H,15,18). The summed E-state index contributed by atoms with van der Waals surface area (Å²) in [7, 11) is 0. The number of hydrogen-bond acceptors (Lipinski definition) is 4. The largest absolute Gasteiger partial charge is 0.465 e. The van der Waals surface area contributed by atoms with Crippen molar-refractivity contribution in [2.24, 2.45) is 0 Å². The summed E-state index contributed by atoms with van der Waals surface area (Å²) in [5.74, 6) is -0.243. The van der Waals surface area contributed by atoms with E-state index in [1.807, 2.05) is 11.8 Å². The fraction of sp³-hybridized carbons (Fsp3) is 0.857. The monoisotopic (exact) mass is 270 g/mol. The van der Waals surface area contributed by atoms with Gasteiger partial charge in [0.1, 0.15) is 0 Å². The van der Waals surface area contributed by atoms with Crippen LogP contribution in [0.2, 0.25) is 0 Å². The highest BCUT2D eigenvalue weighted by molar-refractivity contribution is 5.82. The van der Waals surface area contributed by atoms with E-state index in [1.54, 1.807) is 6.92 Å². The smallest absolute Gasteiger partial charge is 0.320 e. The molecular weight excluding hydrogens is 244 g/mol. The average Bonchev–Trinajstić information content (AvgIpc) is 3.20. The molecule has 0 aromatic rings. The second kappa shape index (κ2) is 8.15. The van der Waals surface area contributed by atoms with Gasteiger partial charge in [-0.2, -0.15) is 0 Å². The second-order valence-electron chi connectivity index (χ2n) is 5.03. The fourth-order valence-electron chi connectivity index (χ4n) is 2.03. The van der Waals surface area contributed by atoms with Gasteiger partial charge in [-0.3, -0.25) is 14.5 Å². The Kier molecular flexibility index (Phi) is 6.84. The first-order valence-electron chi connectivity index (χ1n) is 7.29. The molecule has 110 valence electrons. The lowest BCUT2D eigenvalue weighted by Crippen LogP contribution is -2.48. The van der Waals surface area contributed by atoms with Crippen LogP contribution in [0, 0.1) is 0 Å². The Hall–Kier alpha value is -1.10. The number of nitrogens with one attached hydrogen (secondary N) is 1. The highest BCUT2D eigenvalue weighted by Gasteiger charge is 2.36. The number of nitrogens with zero attached hydrogens (tertiary/aromatic N) is 1. The summed E-state index contributed by atoms with van der Waals surface area (Å²) in [6, 6.07) is 0.0880.